The average Bonchev–Trinajstić information content (AvgIpc) is 2.40. The van der Waals surface area contributed by atoms with E-state index in [4.69, 9.17) is 0 Å². The van der Waals surface area contributed by atoms with Crippen LogP contribution in [-0.2, 0) is 0 Å². The average molecular weight is 253 g/mol. The van der Waals surface area contributed by atoms with E-state index in [0.717, 1.165) is 0 Å². The highest BCUT2D eigenvalue weighted by Gasteiger charge is 2.30. The highest BCUT2D eigenvalue weighted by molar-refractivity contribution is 4.84. The first kappa shape index (κ1) is 16.0. The molecule has 1 heteroatoms. The zero-order valence-corrected chi connectivity index (χ0v) is 12.9. The SMILES string of the molecule is CCCCCCCC1(CNCCC)CCCCC1. The lowest BCUT2D eigenvalue weighted by Crippen LogP contribution is -2.36. The van der Waals surface area contributed by atoms with Crippen molar-refractivity contribution < 1.29 is 0 Å². The molecule has 0 aromatic rings. The molecule has 0 aromatic carbocycles. The van der Waals surface area contributed by atoms with Crippen LogP contribution in [0.1, 0.15) is 90.9 Å². The maximum atomic E-state index is 3.70. The molecule has 0 saturated heterocycles. The molecular formula is C17H35N. The second-order valence-corrected chi connectivity index (χ2v) is 6.40. The number of hydrogen-bond acceptors (Lipinski definition) is 1. The summed E-state index contributed by atoms with van der Waals surface area (Å²) in [6, 6.07) is 0. The van der Waals surface area contributed by atoms with Gasteiger partial charge in [-0.15, -0.1) is 0 Å². The van der Waals surface area contributed by atoms with Crippen molar-refractivity contribution in [3.63, 3.8) is 0 Å². The van der Waals surface area contributed by atoms with Gasteiger partial charge in [0.05, 0.1) is 0 Å². The summed E-state index contributed by atoms with van der Waals surface area (Å²) in [6.45, 7) is 7.06. The molecule has 1 nitrogen and oxygen atoms in total. The molecule has 0 radical (unpaired) electrons. The van der Waals surface area contributed by atoms with Gasteiger partial charge in [-0.25, -0.2) is 0 Å². The van der Waals surface area contributed by atoms with Gasteiger partial charge in [0.15, 0.2) is 0 Å². The molecule has 1 aliphatic carbocycles. The van der Waals surface area contributed by atoms with E-state index in [9.17, 15) is 0 Å². The highest BCUT2D eigenvalue weighted by Crippen LogP contribution is 2.40. The Bertz CT molecular complexity index is 182. The quantitative estimate of drug-likeness (QED) is 0.521. The van der Waals surface area contributed by atoms with Crippen LogP contribution in [-0.4, -0.2) is 13.1 Å². The third-order valence-corrected chi connectivity index (χ3v) is 4.65. The Morgan fingerprint density at radius 1 is 0.833 bits per heavy atom. The molecule has 1 rings (SSSR count). The Labute approximate surface area is 115 Å². The van der Waals surface area contributed by atoms with Crippen molar-refractivity contribution in [2.45, 2.75) is 90.9 Å². The molecule has 0 aromatic heterocycles. The Morgan fingerprint density at radius 3 is 2.22 bits per heavy atom. The molecule has 0 atom stereocenters. The standard InChI is InChI=1S/C17H35N/c1-3-5-6-7-9-12-17(16-18-15-4-2)13-10-8-11-14-17/h18H,3-16H2,1-2H3. The molecule has 108 valence electrons. The molecule has 0 amide bonds. The first-order valence-corrected chi connectivity index (χ1v) is 8.54. The first-order valence-electron chi connectivity index (χ1n) is 8.54. The Balaban J connectivity index is 2.25. The summed E-state index contributed by atoms with van der Waals surface area (Å²) in [5.74, 6) is 0. The summed E-state index contributed by atoms with van der Waals surface area (Å²) in [4.78, 5) is 0. The minimum atomic E-state index is 0.666. The highest BCUT2D eigenvalue weighted by atomic mass is 14.9. The van der Waals surface area contributed by atoms with E-state index in [1.165, 1.54) is 90.1 Å². The van der Waals surface area contributed by atoms with Crippen molar-refractivity contribution in [3.05, 3.63) is 0 Å². The number of unbranched alkanes of at least 4 members (excludes halogenated alkanes) is 4. The molecule has 18 heavy (non-hydrogen) atoms. The largest absolute Gasteiger partial charge is 0.316 e. The molecule has 0 unspecified atom stereocenters. The van der Waals surface area contributed by atoms with Crippen LogP contribution in [0.4, 0.5) is 0 Å². The van der Waals surface area contributed by atoms with Crippen LogP contribution in [0.25, 0.3) is 0 Å². The van der Waals surface area contributed by atoms with Gasteiger partial charge in [-0.05, 0) is 37.6 Å². The fourth-order valence-corrected chi connectivity index (χ4v) is 3.45. The molecule has 0 heterocycles. The minimum absolute atomic E-state index is 0.666. The fraction of sp³-hybridized carbons (Fsp3) is 1.00. The lowest BCUT2D eigenvalue weighted by Gasteiger charge is -2.38. The maximum absolute atomic E-state index is 3.70. The molecule has 1 aliphatic rings. The van der Waals surface area contributed by atoms with Gasteiger partial charge in [0.1, 0.15) is 0 Å². The zero-order valence-electron chi connectivity index (χ0n) is 12.9. The lowest BCUT2D eigenvalue weighted by atomic mass is 9.70. The van der Waals surface area contributed by atoms with Crippen LogP contribution >= 0.6 is 0 Å². The second kappa shape index (κ2) is 9.83. The topological polar surface area (TPSA) is 12.0 Å². The number of nitrogens with one attached hydrogen (secondary N) is 1. The van der Waals surface area contributed by atoms with Gasteiger partial charge in [0, 0.05) is 6.54 Å². The molecule has 1 fully saturated rings. The Morgan fingerprint density at radius 2 is 1.56 bits per heavy atom. The van der Waals surface area contributed by atoms with E-state index in [2.05, 4.69) is 19.2 Å². The fourth-order valence-electron chi connectivity index (χ4n) is 3.45. The van der Waals surface area contributed by atoms with Crippen molar-refractivity contribution in [2.24, 2.45) is 5.41 Å². The molecule has 1 N–H and O–H groups in total. The van der Waals surface area contributed by atoms with Gasteiger partial charge in [0.2, 0.25) is 0 Å². The van der Waals surface area contributed by atoms with E-state index in [1.807, 2.05) is 0 Å². The predicted octanol–water partition coefficient (Wildman–Crippen LogP) is 5.30. The Kier molecular flexibility index (Phi) is 8.75. The van der Waals surface area contributed by atoms with Gasteiger partial charge >= 0.3 is 0 Å². The van der Waals surface area contributed by atoms with E-state index in [-0.39, 0.29) is 0 Å². The predicted molar refractivity (Wildman–Crippen MR) is 82.1 cm³/mol. The van der Waals surface area contributed by atoms with Crippen LogP contribution < -0.4 is 5.32 Å². The van der Waals surface area contributed by atoms with Crippen LogP contribution in [0, 0.1) is 5.41 Å². The van der Waals surface area contributed by atoms with Crippen LogP contribution in [0.15, 0.2) is 0 Å². The van der Waals surface area contributed by atoms with E-state index in [1.54, 1.807) is 0 Å². The molecule has 1 saturated carbocycles. The zero-order chi connectivity index (χ0) is 13.1. The van der Waals surface area contributed by atoms with E-state index in [0.29, 0.717) is 5.41 Å². The van der Waals surface area contributed by atoms with E-state index >= 15 is 0 Å². The van der Waals surface area contributed by atoms with Crippen LogP contribution in [0.5, 0.6) is 0 Å². The van der Waals surface area contributed by atoms with Gasteiger partial charge in [-0.1, -0.05) is 65.2 Å². The van der Waals surface area contributed by atoms with Gasteiger partial charge in [0.25, 0.3) is 0 Å². The summed E-state index contributed by atoms with van der Waals surface area (Å²) < 4.78 is 0. The maximum Gasteiger partial charge on any atom is 0.000780 e. The molecule has 0 spiro atoms. The second-order valence-electron chi connectivity index (χ2n) is 6.40. The first-order chi connectivity index (χ1) is 8.83. The summed E-state index contributed by atoms with van der Waals surface area (Å²) in [5.41, 5.74) is 0.666. The van der Waals surface area contributed by atoms with Gasteiger partial charge < -0.3 is 5.32 Å². The number of hydrogen-bond donors (Lipinski definition) is 1. The monoisotopic (exact) mass is 253 g/mol. The van der Waals surface area contributed by atoms with Crippen molar-refractivity contribution >= 4 is 0 Å². The smallest absolute Gasteiger partial charge is 0.000780 e. The summed E-state index contributed by atoms with van der Waals surface area (Å²) in [6.07, 6.45) is 17.3. The van der Waals surface area contributed by atoms with Crippen molar-refractivity contribution in [2.75, 3.05) is 13.1 Å². The molecule has 0 aliphatic heterocycles. The molecular weight excluding hydrogens is 218 g/mol. The van der Waals surface area contributed by atoms with Crippen molar-refractivity contribution in [1.82, 2.24) is 5.32 Å². The summed E-state index contributed by atoms with van der Waals surface area (Å²) in [7, 11) is 0. The third kappa shape index (κ3) is 6.22. The van der Waals surface area contributed by atoms with Crippen LogP contribution in [0.3, 0.4) is 0 Å². The van der Waals surface area contributed by atoms with Crippen molar-refractivity contribution in [3.8, 4) is 0 Å². The van der Waals surface area contributed by atoms with Gasteiger partial charge in [-0.3, -0.25) is 0 Å². The molecule has 0 bridgehead atoms. The van der Waals surface area contributed by atoms with Crippen LogP contribution in [0.2, 0.25) is 0 Å². The van der Waals surface area contributed by atoms with Crippen molar-refractivity contribution in [1.29, 1.82) is 0 Å². The normalized spacial score (nSPS) is 19.0. The summed E-state index contributed by atoms with van der Waals surface area (Å²) in [5, 5.41) is 3.70. The van der Waals surface area contributed by atoms with E-state index < -0.39 is 0 Å². The summed E-state index contributed by atoms with van der Waals surface area (Å²) >= 11 is 0. The van der Waals surface area contributed by atoms with Gasteiger partial charge in [-0.2, -0.15) is 0 Å². The lowest BCUT2D eigenvalue weighted by molar-refractivity contribution is 0.161. The number of rotatable bonds is 10. The minimum Gasteiger partial charge on any atom is -0.316 e. The Hall–Kier alpha value is -0.0400. The third-order valence-electron chi connectivity index (χ3n) is 4.65.